The van der Waals surface area contributed by atoms with Gasteiger partial charge in [0.1, 0.15) is 0 Å². The van der Waals surface area contributed by atoms with Crippen molar-refractivity contribution in [3.05, 3.63) is 10.3 Å². The van der Waals surface area contributed by atoms with Gasteiger partial charge in [0.25, 0.3) is 0 Å². The highest BCUT2D eigenvalue weighted by Crippen LogP contribution is 2.15. The lowest BCUT2D eigenvalue weighted by Crippen LogP contribution is -1.70. The lowest BCUT2D eigenvalue weighted by molar-refractivity contribution is 0.690. The fourth-order valence-electron chi connectivity index (χ4n) is 0.0505. The van der Waals surface area contributed by atoms with Crippen molar-refractivity contribution in [1.82, 2.24) is 0 Å². The van der Waals surface area contributed by atoms with Crippen LogP contribution in [-0.2, 0) is 0 Å². The van der Waals surface area contributed by atoms with E-state index in [1.54, 1.807) is 0 Å². The van der Waals surface area contributed by atoms with Crippen LogP contribution in [0.5, 0.6) is 0 Å². The van der Waals surface area contributed by atoms with Crippen molar-refractivity contribution >= 4 is 34.8 Å². The molecule has 0 aliphatic rings. The van der Waals surface area contributed by atoms with Gasteiger partial charge in [-0.3, -0.25) is 0 Å². The zero-order valence-corrected chi connectivity index (χ0v) is 5.49. The quantitative estimate of drug-likeness (QED) is 0.522. The number of alkyl halides is 1. The molecule has 0 radical (unpaired) electrons. The Morgan fingerprint density at radius 2 is 1.86 bits per heavy atom. The Bertz CT molecular complexity index is 84.2. The molecule has 42 valence electrons. The second-order valence-corrected chi connectivity index (χ2v) is 1.85. The van der Waals surface area contributed by atoms with Crippen LogP contribution in [0.15, 0.2) is 10.3 Å². The summed E-state index contributed by atoms with van der Waals surface area (Å²) in [4.78, 5) is 0. The summed E-state index contributed by atoms with van der Waals surface area (Å²) in [6.07, 6.45) is 0. The zero-order chi connectivity index (χ0) is 5.86. The van der Waals surface area contributed by atoms with Crippen LogP contribution in [0.4, 0.5) is 4.39 Å². The Labute approximate surface area is 55.9 Å². The highest BCUT2D eigenvalue weighted by Gasteiger charge is 1.95. The topological polar surface area (TPSA) is 0 Å². The molecule has 0 bridgehead atoms. The molecule has 0 N–H and O–H groups in total. The summed E-state index contributed by atoms with van der Waals surface area (Å²) in [5.74, 6) is -0.0725. The van der Waals surface area contributed by atoms with E-state index in [1.165, 1.54) is 0 Å². The highest BCUT2D eigenvalue weighted by molar-refractivity contribution is 6.41. The largest absolute Gasteiger partial charge is 0.204 e. The number of hydrogen-bond acceptors (Lipinski definition) is 0. The molecule has 4 heteroatoms. The van der Waals surface area contributed by atoms with Crippen LogP contribution >= 0.6 is 34.8 Å². The van der Waals surface area contributed by atoms with E-state index in [0.29, 0.717) is 0 Å². The fraction of sp³-hybridized carbons (Fsp3) is 0.333. The standard InChI is InChI=1S/C3H2Cl3F/c4-1-2(5)3(6)7/h1H2/b3-2-. The van der Waals surface area contributed by atoms with E-state index in [-0.39, 0.29) is 10.9 Å². The van der Waals surface area contributed by atoms with Gasteiger partial charge in [0.05, 0.1) is 10.9 Å². The molecule has 0 saturated carbocycles. The van der Waals surface area contributed by atoms with Gasteiger partial charge in [-0.05, 0) is 11.6 Å². The zero-order valence-electron chi connectivity index (χ0n) is 3.22. The normalized spacial score (nSPS) is 13.7. The van der Waals surface area contributed by atoms with Gasteiger partial charge in [-0.2, -0.15) is 4.39 Å². The monoisotopic (exact) mass is 162 g/mol. The van der Waals surface area contributed by atoms with Crippen molar-refractivity contribution in [1.29, 1.82) is 0 Å². The molecular weight excluding hydrogens is 161 g/mol. The molecular formula is C3H2Cl3F. The van der Waals surface area contributed by atoms with Crippen molar-refractivity contribution in [2.75, 3.05) is 5.88 Å². The molecule has 0 heterocycles. The summed E-state index contributed by atoms with van der Waals surface area (Å²) in [5.41, 5.74) is 0. The van der Waals surface area contributed by atoms with E-state index in [0.717, 1.165) is 0 Å². The predicted octanol–water partition coefficient (Wildman–Crippen LogP) is 2.84. The highest BCUT2D eigenvalue weighted by atomic mass is 35.5. The molecule has 0 nitrogen and oxygen atoms in total. The van der Waals surface area contributed by atoms with Gasteiger partial charge in [0.15, 0.2) is 0 Å². The first-order valence-electron chi connectivity index (χ1n) is 1.44. The molecule has 0 rings (SSSR count). The van der Waals surface area contributed by atoms with Gasteiger partial charge in [-0.15, -0.1) is 11.6 Å². The fourth-order valence-corrected chi connectivity index (χ4v) is 0.303. The summed E-state index contributed by atoms with van der Waals surface area (Å²) >= 11 is 14.8. The van der Waals surface area contributed by atoms with E-state index in [9.17, 15) is 4.39 Å². The summed E-state index contributed by atoms with van der Waals surface area (Å²) in [7, 11) is 0. The van der Waals surface area contributed by atoms with Gasteiger partial charge in [0, 0.05) is 0 Å². The maximum Gasteiger partial charge on any atom is 0.204 e. The molecule has 0 aromatic rings. The molecule has 0 saturated heterocycles. The molecule has 0 aliphatic carbocycles. The second-order valence-electron chi connectivity index (χ2n) is 0.799. The molecule has 0 aliphatic heterocycles. The minimum absolute atomic E-state index is 0.0725. The van der Waals surface area contributed by atoms with Crippen LogP contribution in [-0.4, -0.2) is 5.88 Å². The SMILES string of the molecule is F/C(Cl)=C(\Cl)CCl. The number of allylic oxidation sites excluding steroid dienone is 1. The van der Waals surface area contributed by atoms with Crippen LogP contribution in [0.2, 0.25) is 0 Å². The van der Waals surface area contributed by atoms with Crippen molar-refractivity contribution < 1.29 is 4.39 Å². The van der Waals surface area contributed by atoms with Crippen LogP contribution in [0.1, 0.15) is 0 Å². The van der Waals surface area contributed by atoms with Gasteiger partial charge in [0.2, 0.25) is 5.29 Å². The number of hydrogen-bond donors (Lipinski definition) is 0. The number of halogens is 4. The van der Waals surface area contributed by atoms with E-state index in [1.807, 2.05) is 0 Å². The van der Waals surface area contributed by atoms with Crippen molar-refractivity contribution in [2.24, 2.45) is 0 Å². The summed E-state index contributed by atoms with van der Waals surface area (Å²) in [5, 5.41) is -1.08. The van der Waals surface area contributed by atoms with E-state index in [2.05, 4.69) is 0 Å². The minimum atomic E-state index is -0.934. The predicted molar refractivity (Wildman–Crippen MR) is 30.6 cm³/mol. The molecule has 0 fully saturated rings. The van der Waals surface area contributed by atoms with Crippen molar-refractivity contribution in [2.45, 2.75) is 0 Å². The third-order valence-corrected chi connectivity index (χ3v) is 1.35. The first-order chi connectivity index (χ1) is 3.18. The van der Waals surface area contributed by atoms with Gasteiger partial charge < -0.3 is 0 Å². The van der Waals surface area contributed by atoms with E-state index >= 15 is 0 Å². The average Bonchev–Trinajstić information content (AvgIpc) is 1.65. The Kier molecular flexibility index (Phi) is 3.80. The third-order valence-electron chi connectivity index (χ3n) is 0.322. The van der Waals surface area contributed by atoms with Crippen LogP contribution in [0, 0.1) is 0 Å². The Hall–Kier alpha value is 0.540. The first kappa shape index (κ1) is 7.54. The molecule has 0 amide bonds. The Morgan fingerprint density at radius 1 is 1.43 bits per heavy atom. The smallest absolute Gasteiger partial charge is 0.192 e. The van der Waals surface area contributed by atoms with Crippen LogP contribution in [0.3, 0.4) is 0 Å². The van der Waals surface area contributed by atoms with Crippen LogP contribution in [0.25, 0.3) is 0 Å². The Morgan fingerprint density at radius 3 is 1.86 bits per heavy atom. The van der Waals surface area contributed by atoms with Gasteiger partial charge in [-0.25, -0.2) is 0 Å². The van der Waals surface area contributed by atoms with Gasteiger partial charge >= 0.3 is 0 Å². The Balaban J connectivity index is 3.72. The molecule has 0 unspecified atom stereocenters. The van der Waals surface area contributed by atoms with E-state index in [4.69, 9.17) is 34.8 Å². The third kappa shape index (κ3) is 3.15. The molecule has 0 aromatic carbocycles. The lowest BCUT2D eigenvalue weighted by atomic mass is 10.7. The number of rotatable bonds is 1. The maximum absolute atomic E-state index is 11.5. The minimum Gasteiger partial charge on any atom is -0.192 e. The summed E-state index contributed by atoms with van der Waals surface area (Å²) in [6.45, 7) is 0. The molecule has 0 atom stereocenters. The van der Waals surface area contributed by atoms with Crippen molar-refractivity contribution in [3.8, 4) is 0 Å². The average molecular weight is 163 g/mol. The van der Waals surface area contributed by atoms with Crippen molar-refractivity contribution in [3.63, 3.8) is 0 Å². The summed E-state index contributed by atoms with van der Waals surface area (Å²) < 4.78 is 11.5. The second kappa shape index (κ2) is 3.53. The van der Waals surface area contributed by atoms with Gasteiger partial charge in [-0.1, -0.05) is 11.6 Å². The lowest BCUT2D eigenvalue weighted by Gasteiger charge is -1.83. The molecule has 0 aromatic heterocycles. The molecule has 0 spiro atoms. The molecule has 7 heavy (non-hydrogen) atoms. The van der Waals surface area contributed by atoms with E-state index < -0.39 is 5.29 Å². The summed E-state index contributed by atoms with van der Waals surface area (Å²) in [6, 6.07) is 0. The first-order valence-corrected chi connectivity index (χ1v) is 2.73. The maximum atomic E-state index is 11.5. The van der Waals surface area contributed by atoms with Crippen LogP contribution < -0.4 is 0 Å².